The van der Waals surface area contributed by atoms with Crippen LogP contribution in [0.3, 0.4) is 0 Å². The lowest BCUT2D eigenvalue weighted by Crippen LogP contribution is -2.10. The fourth-order valence-corrected chi connectivity index (χ4v) is 2.23. The van der Waals surface area contributed by atoms with Crippen molar-refractivity contribution in [3.63, 3.8) is 0 Å². The Kier molecular flexibility index (Phi) is 5.12. The smallest absolute Gasteiger partial charge is 0.197 e. The number of carbonyl (C=O) groups excluding carboxylic acids is 1. The van der Waals surface area contributed by atoms with Gasteiger partial charge in [-0.1, -0.05) is 35.9 Å². The molecule has 0 fully saturated rings. The Morgan fingerprint density at radius 1 is 1.00 bits per heavy atom. The van der Waals surface area contributed by atoms with E-state index < -0.39 is 0 Å². The predicted molar refractivity (Wildman–Crippen MR) is 83.2 cm³/mol. The van der Waals surface area contributed by atoms with E-state index in [2.05, 4.69) is 0 Å². The summed E-state index contributed by atoms with van der Waals surface area (Å²) < 4.78 is 10.6. The summed E-state index contributed by atoms with van der Waals surface area (Å²) in [6.07, 6.45) is 0. The van der Waals surface area contributed by atoms with Crippen molar-refractivity contribution >= 4 is 5.78 Å². The molecule has 0 aliphatic heterocycles. The highest BCUT2D eigenvalue weighted by Crippen LogP contribution is 2.23. The zero-order valence-corrected chi connectivity index (χ0v) is 12.7. The van der Waals surface area contributed by atoms with Gasteiger partial charge >= 0.3 is 0 Å². The van der Waals surface area contributed by atoms with Crippen LogP contribution in [0.1, 0.15) is 27.0 Å². The lowest BCUT2D eigenvalue weighted by Gasteiger charge is -2.12. The molecule has 0 aliphatic carbocycles. The molecule has 0 N–H and O–H groups in total. The van der Waals surface area contributed by atoms with E-state index in [1.54, 1.807) is 13.2 Å². The van der Waals surface area contributed by atoms with Crippen molar-refractivity contribution in [2.45, 2.75) is 13.8 Å². The van der Waals surface area contributed by atoms with Crippen LogP contribution in [-0.2, 0) is 4.74 Å². The summed E-state index contributed by atoms with van der Waals surface area (Å²) in [7, 11) is 1.62. The van der Waals surface area contributed by atoms with Crippen LogP contribution in [0, 0.1) is 13.8 Å². The van der Waals surface area contributed by atoms with Crippen LogP contribution in [0.15, 0.2) is 42.5 Å². The number of para-hydroxylation sites is 1. The molecule has 0 spiro atoms. The fourth-order valence-electron chi connectivity index (χ4n) is 2.23. The molecule has 0 heterocycles. The van der Waals surface area contributed by atoms with Gasteiger partial charge in [0.15, 0.2) is 5.78 Å². The van der Waals surface area contributed by atoms with Gasteiger partial charge < -0.3 is 9.47 Å². The molecule has 0 saturated carbocycles. The number of ketones is 1. The summed E-state index contributed by atoms with van der Waals surface area (Å²) in [6.45, 7) is 4.89. The van der Waals surface area contributed by atoms with Crippen molar-refractivity contribution in [2.75, 3.05) is 20.3 Å². The number of aryl methyl sites for hydroxylation is 2. The average Bonchev–Trinajstić information content (AvgIpc) is 2.47. The van der Waals surface area contributed by atoms with E-state index >= 15 is 0 Å². The molecule has 0 amide bonds. The summed E-state index contributed by atoms with van der Waals surface area (Å²) in [5.41, 5.74) is 3.42. The first-order valence-corrected chi connectivity index (χ1v) is 6.96. The fraction of sp³-hybridized carbons (Fsp3) is 0.278. The molecule has 2 aromatic rings. The molecular formula is C18H20O3. The molecule has 110 valence electrons. The van der Waals surface area contributed by atoms with Gasteiger partial charge in [-0.25, -0.2) is 0 Å². The molecule has 0 unspecified atom stereocenters. The number of carbonyl (C=O) groups is 1. The van der Waals surface area contributed by atoms with Gasteiger partial charge in [-0.15, -0.1) is 0 Å². The Morgan fingerprint density at radius 3 is 2.48 bits per heavy atom. The van der Waals surface area contributed by atoms with Crippen LogP contribution < -0.4 is 4.74 Å². The summed E-state index contributed by atoms with van der Waals surface area (Å²) >= 11 is 0. The van der Waals surface area contributed by atoms with Crippen molar-refractivity contribution in [1.82, 2.24) is 0 Å². The van der Waals surface area contributed by atoms with Gasteiger partial charge in [-0.05, 0) is 31.5 Å². The zero-order chi connectivity index (χ0) is 15.2. The Balaban J connectivity index is 2.30. The number of benzene rings is 2. The molecule has 21 heavy (non-hydrogen) atoms. The van der Waals surface area contributed by atoms with E-state index in [9.17, 15) is 4.79 Å². The molecule has 3 nitrogen and oxygen atoms in total. The van der Waals surface area contributed by atoms with E-state index in [1.807, 2.05) is 50.2 Å². The number of ether oxygens (including phenoxy) is 2. The third kappa shape index (κ3) is 3.70. The summed E-state index contributed by atoms with van der Waals surface area (Å²) in [5.74, 6) is 0.583. The average molecular weight is 284 g/mol. The lowest BCUT2D eigenvalue weighted by molar-refractivity contribution is 0.103. The standard InChI is InChI=1S/C18H20O3/c1-13-8-9-15(14(2)12-13)18(19)16-6-4-5-7-17(16)21-11-10-20-3/h4-9,12H,10-11H2,1-3H3. The topological polar surface area (TPSA) is 35.5 Å². The minimum Gasteiger partial charge on any atom is -0.490 e. The molecule has 0 aromatic heterocycles. The van der Waals surface area contributed by atoms with E-state index in [0.717, 1.165) is 11.1 Å². The quantitative estimate of drug-likeness (QED) is 0.601. The highest BCUT2D eigenvalue weighted by Gasteiger charge is 2.16. The predicted octanol–water partition coefficient (Wildman–Crippen LogP) is 3.56. The highest BCUT2D eigenvalue weighted by atomic mass is 16.5. The van der Waals surface area contributed by atoms with Crippen molar-refractivity contribution < 1.29 is 14.3 Å². The van der Waals surface area contributed by atoms with Gasteiger partial charge in [0, 0.05) is 12.7 Å². The van der Waals surface area contributed by atoms with Crippen molar-refractivity contribution in [1.29, 1.82) is 0 Å². The van der Waals surface area contributed by atoms with Crippen LogP contribution in [0.4, 0.5) is 0 Å². The molecule has 0 aliphatic rings. The van der Waals surface area contributed by atoms with Gasteiger partial charge in [0.05, 0.1) is 12.2 Å². The maximum absolute atomic E-state index is 12.7. The molecular weight excluding hydrogens is 264 g/mol. The van der Waals surface area contributed by atoms with Crippen LogP contribution >= 0.6 is 0 Å². The first-order chi connectivity index (χ1) is 10.1. The summed E-state index contributed by atoms with van der Waals surface area (Å²) in [5, 5.41) is 0. The van der Waals surface area contributed by atoms with E-state index in [4.69, 9.17) is 9.47 Å². The molecule has 0 saturated heterocycles. The minimum absolute atomic E-state index is 0.0134. The first-order valence-electron chi connectivity index (χ1n) is 6.96. The monoisotopic (exact) mass is 284 g/mol. The van der Waals surface area contributed by atoms with Crippen LogP contribution in [-0.4, -0.2) is 26.1 Å². The SMILES string of the molecule is COCCOc1ccccc1C(=O)c1ccc(C)cc1C. The normalized spacial score (nSPS) is 10.4. The molecule has 3 heteroatoms. The maximum atomic E-state index is 12.7. The summed E-state index contributed by atoms with van der Waals surface area (Å²) in [6, 6.07) is 13.2. The molecule has 0 bridgehead atoms. The Labute approximate surface area is 125 Å². The zero-order valence-electron chi connectivity index (χ0n) is 12.7. The number of methoxy groups -OCH3 is 1. The van der Waals surface area contributed by atoms with Gasteiger partial charge in [0.25, 0.3) is 0 Å². The van der Waals surface area contributed by atoms with Gasteiger partial charge in [-0.3, -0.25) is 4.79 Å². The Morgan fingerprint density at radius 2 is 1.76 bits per heavy atom. The van der Waals surface area contributed by atoms with Crippen molar-refractivity contribution in [3.05, 3.63) is 64.7 Å². The van der Waals surface area contributed by atoms with E-state index in [0.29, 0.717) is 30.1 Å². The molecule has 2 aromatic carbocycles. The van der Waals surface area contributed by atoms with E-state index in [1.165, 1.54) is 0 Å². The van der Waals surface area contributed by atoms with Crippen LogP contribution in [0.5, 0.6) is 5.75 Å². The van der Waals surface area contributed by atoms with Gasteiger partial charge in [0.1, 0.15) is 12.4 Å². The second-order valence-electron chi connectivity index (χ2n) is 4.98. The summed E-state index contributed by atoms with van der Waals surface area (Å²) in [4.78, 5) is 12.7. The van der Waals surface area contributed by atoms with E-state index in [-0.39, 0.29) is 5.78 Å². The molecule has 0 atom stereocenters. The third-order valence-corrected chi connectivity index (χ3v) is 3.30. The Hall–Kier alpha value is -2.13. The third-order valence-electron chi connectivity index (χ3n) is 3.30. The molecule has 2 rings (SSSR count). The first kappa shape index (κ1) is 15.3. The number of hydrogen-bond acceptors (Lipinski definition) is 3. The number of rotatable bonds is 6. The van der Waals surface area contributed by atoms with Crippen LogP contribution in [0.2, 0.25) is 0 Å². The number of hydrogen-bond donors (Lipinski definition) is 0. The second kappa shape index (κ2) is 7.04. The Bertz CT molecular complexity index is 632. The van der Waals surface area contributed by atoms with Crippen LogP contribution in [0.25, 0.3) is 0 Å². The maximum Gasteiger partial charge on any atom is 0.197 e. The minimum atomic E-state index is -0.0134. The van der Waals surface area contributed by atoms with Crippen molar-refractivity contribution in [2.24, 2.45) is 0 Å². The van der Waals surface area contributed by atoms with Gasteiger partial charge in [0.2, 0.25) is 0 Å². The van der Waals surface area contributed by atoms with Crippen molar-refractivity contribution in [3.8, 4) is 5.75 Å². The second-order valence-corrected chi connectivity index (χ2v) is 4.98. The highest BCUT2D eigenvalue weighted by molar-refractivity contribution is 6.11. The van der Waals surface area contributed by atoms with Gasteiger partial charge in [-0.2, -0.15) is 0 Å². The lowest BCUT2D eigenvalue weighted by atomic mass is 9.97. The molecule has 0 radical (unpaired) electrons. The largest absolute Gasteiger partial charge is 0.490 e.